The van der Waals surface area contributed by atoms with Crippen molar-refractivity contribution in [1.82, 2.24) is 4.90 Å². The number of hydrogen-bond acceptors (Lipinski definition) is 3. The van der Waals surface area contributed by atoms with Crippen LogP contribution in [0.25, 0.3) is 0 Å². The number of likely N-dealkylation sites (tertiary alicyclic amines) is 1. The van der Waals surface area contributed by atoms with Crippen molar-refractivity contribution >= 4 is 11.9 Å². The second kappa shape index (κ2) is 8.91. The summed E-state index contributed by atoms with van der Waals surface area (Å²) in [6.07, 6.45) is -1.36. The molecule has 1 aliphatic heterocycles. The van der Waals surface area contributed by atoms with Crippen molar-refractivity contribution in [3.05, 3.63) is 29.8 Å². The van der Waals surface area contributed by atoms with Crippen LogP contribution in [0.5, 0.6) is 5.75 Å². The van der Waals surface area contributed by atoms with Crippen molar-refractivity contribution in [3.8, 4) is 5.75 Å². The van der Waals surface area contributed by atoms with Crippen LogP contribution in [0.3, 0.4) is 0 Å². The number of carboxylic acids is 1. The molecule has 1 N–H and O–H groups in total. The molecule has 144 valence electrons. The van der Waals surface area contributed by atoms with Crippen molar-refractivity contribution in [2.75, 3.05) is 13.2 Å². The molecule has 5 nitrogen and oxygen atoms in total. The normalized spacial score (nSPS) is 17.8. The Kier molecular flexibility index (Phi) is 6.88. The maximum atomic E-state index is 12.6. The molecule has 1 atom stereocenters. The number of amides is 1. The Labute approximate surface area is 149 Å². The third-order valence-corrected chi connectivity index (χ3v) is 4.30. The molecule has 1 aliphatic rings. The summed E-state index contributed by atoms with van der Waals surface area (Å²) in [4.78, 5) is 25.1. The Balaban J connectivity index is 1.97. The Morgan fingerprint density at radius 2 is 2.04 bits per heavy atom. The van der Waals surface area contributed by atoms with Gasteiger partial charge in [-0.3, -0.25) is 9.59 Å². The lowest BCUT2D eigenvalue weighted by Crippen LogP contribution is -2.44. The molecule has 0 aliphatic carbocycles. The molecule has 1 aromatic carbocycles. The molecule has 2 rings (SSSR count). The number of alkyl halides is 3. The van der Waals surface area contributed by atoms with Gasteiger partial charge >= 0.3 is 12.1 Å². The molecular weight excluding hydrogens is 351 g/mol. The van der Waals surface area contributed by atoms with Gasteiger partial charge < -0.3 is 14.7 Å². The maximum absolute atomic E-state index is 12.6. The molecule has 26 heavy (non-hydrogen) atoms. The van der Waals surface area contributed by atoms with Gasteiger partial charge in [-0.05, 0) is 43.4 Å². The van der Waals surface area contributed by atoms with Crippen molar-refractivity contribution in [2.45, 2.75) is 50.7 Å². The van der Waals surface area contributed by atoms with Crippen LogP contribution in [0.15, 0.2) is 24.3 Å². The molecule has 1 aromatic rings. The first-order valence-electron chi connectivity index (χ1n) is 8.54. The summed E-state index contributed by atoms with van der Waals surface area (Å²) in [5.74, 6) is -0.973. The van der Waals surface area contributed by atoms with Crippen molar-refractivity contribution in [1.29, 1.82) is 0 Å². The van der Waals surface area contributed by atoms with Crippen molar-refractivity contribution < 1.29 is 32.6 Å². The van der Waals surface area contributed by atoms with Crippen molar-refractivity contribution in [3.63, 3.8) is 0 Å². The number of ether oxygens (including phenoxy) is 1. The van der Waals surface area contributed by atoms with Gasteiger partial charge in [0.15, 0.2) is 6.61 Å². The SMILES string of the molecule is O=C(O)CCC1CCCCN1C(=O)Cc1cccc(OCC(F)(F)F)c1. The molecule has 0 radical (unpaired) electrons. The molecule has 1 fully saturated rings. The first-order chi connectivity index (χ1) is 12.2. The van der Waals surface area contributed by atoms with Gasteiger partial charge in [-0.2, -0.15) is 13.2 Å². The molecule has 8 heteroatoms. The fraction of sp³-hybridized carbons (Fsp3) is 0.556. The number of hydrogen-bond donors (Lipinski definition) is 1. The summed E-state index contributed by atoms with van der Waals surface area (Å²) in [6.45, 7) is -0.804. The summed E-state index contributed by atoms with van der Waals surface area (Å²) < 4.78 is 41.4. The average molecular weight is 373 g/mol. The molecule has 1 amide bonds. The third-order valence-electron chi connectivity index (χ3n) is 4.30. The van der Waals surface area contributed by atoms with Gasteiger partial charge in [0.2, 0.25) is 5.91 Å². The average Bonchev–Trinajstić information content (AvgIpc) is 2.58. The smallest absolute Gasteiger partial charge is 0.422 e. The Morgan fingerprint density at radius 1 is 1.27 bits per heavy atom. The first-order valence-corrected chi connectivity index (χ1v) is 8.54. The van der Waals surface area contributed by atoms with Crippen molar-refractivity contribution in [2.24, 2.45) is 0 Å². The van der Waals surface area contributed by atoms with E-state index in [9.17, 15) is 22.8 Å². The lowest BCUT2D eigenvalue weighted by atomic mass is 9.97. The molecule has 1 heterocycles. The van der Waals surface area contributed by atoms with Crippen LogP contribution in [-0.2, 0) is 16.0 Å². The van der Waals surface area contributed by atoms with Crippen LogP contribution in [0.2, 0.25) is 0 Å². The molecule has 0 saturated carbocycles. The zero-order valence-electron chi connectivity index (χ0n) is 14.3. The van der Waals surface area contributed by atoms with E-state index in [-0.39, 0.29) is 30.5 Å². The highest BCUT2D eigenvalue weighted by molar-refractivity contribution is 5.79. The Morgan fingerprint density at radius 3 is 2.73 bits per heavy atom. The van der Waals surface area contributed by atoms with Gasteiger partial charge in [-0.1, -0.05) is 12.1 Å². The fourth-order valence-electron chi connectivity index (χ4n) is 3.11. The highest BCUT2D eigenvalue weighted by atomic mass is 19.4. The summed E-state index contributed by atoms with van der Waals surface area (Å²) in [6, 6.07) is 5.95. The van der Waals surface area contributed by atoms with E-state index >= 15 is 0 Å². The van der Waals surface area contributed by atoms with Gasteiger partial charge in [-0.15, -0.1) is 0 Å². The van der Waals surface area contributed by atoms with Crippen LogP contribution in [0, 0.1) is 0 Å². The Hall–Kier alpha value is -2.25. The molecule has 0 aromatic heterocycles. The molecule has 1 saturated heterocycles. The molecule has 1 unspecified atom stereocenters. The van der Waals surface area contributed by atoms with E-state index in [0.29, 0.717) is 18.5 Å². The number of carboxylic acid groups (broad SMARTS) is 1. The van der Waals surface area contributed by atoms with E-state index < -0.39 is 18.8 Å². The molecular formula is C18H22F3NO4. The minimum Gasteiger partial charge on any atom is -0.484 e. The number of aliphatic carboxylic acids is 1. The topological polar surface area (TPSA) is 66.8 Å². The van der Waals surface area contributed by atoms with Crippen LogP contribution >= 0.6 is 0 Å². The molecule has 0 bridgehead atoms. The number of carbonyl (C=O) groups excluding carboxylic acids is 1. The zero-order valence-corrected chi connectivity index (χ0v) is 14.3. The van der Waals surface area contributed by atoms with E-state index in [1.54, 1.807) is 17.0 Å². The number of halogens is 3. The number of benzene rings is 1. The summed E-state index contributed by atoms with van der Waals surface area (Å²) in [5, 5.41) is 8.85. The number of piperidine rings is 1. The highest BCUT2D eigenvalue weighted by Crippen LogP contribution is 2.23. The lowest BCUT2D eigenvalue weighted by molar-refractivity contribution is -0.153. The van der Waals surface area contributed by atoms with E-state index in [0.717, 1.165) is 19.3 Å². The Bertz CT molecular complexity index is 633. The van der Waals surface area contributed by atoms with Crippen LogP contribution in [0.1, 0.15) is 37.7 Å². The fourth-order valence-corrected chi connectivity index (χ4v) is 3.11. The summed E-state index contributed by atoms with van der Waals surface area (Å²) >= 11 is 0. The van der Waals surface area contributed by atoms with Crippen LogP contribution < -0.4 is 4.74 Å². The third kappa shape index (κ3) is 6.57. The summed E-state index contributed by atoms with van der Waals surface area (Å²) in [7, 11) is 0. The van der Waals surface area contributed by atoms with E-state index in [2.05, 4.69) is 0 Å². The zero-order chi connectivity index (χ0) is 19.2. The van der Waals surface area contributed by atoms with Crippen LogP contribution in [0.4, 0.5) is 13.2 Å². The van der Waals surface area contributed by atoms with Gasteiger partial charge in [0, 0.05) is 19.0 Å². The van der Waals surface area contributed by atoms with Gasteiger partial charge in [-0.25, -0.2) is 0 Å². The van der Waals surface area contributed by atoms with E-state index in [1.165, 1.54) is 12.1 Å². The lowest BCUT2D eigenvalue weighted by Gasteiger charge is -2.35. The predicted octanol–water partition coefficient (Wildman–Crippen LogP) is 3.42. The van der Waals surface area contributed by atoms with Gasteiger partial charge in [0.1, 0.15) is 5.75 Å². The van der Waals surface area contributed by atoms with Gasteiger partial charge in [0.25, 0.3) is 0 Å². The highest BCUT2D eigenvalue weighted by Gasteiger charge is 2.29. The maximum Gasteiger partial charge on any atom is 0.422 e. The second-order valence-electron chi connectivity index (χ2n) is 6.40. The number of carbonyl (C=O) groups is 2. The number of rotatable bonds is 7. The number of nitrogens with zero attached hydrogens (tertiary/aromatic N) is 1. The summed E-state index contributed by atoms with van der Waals surface area (Å²) in [5.41, 5.74) is 0.567. The monoisotopic (exact) mass is 373 g/mol. The predicted molar refractivity (Wildman–Crippen MR) is 87.9 cm³/mol. The quantitative estimate of drug-likeness (QED) is 0.795. The minimum atomic E-state index is -4.42. The standard InChI is InChI=1S/C18H22F3NO4/c19-18(20,21)12-26-15-6-3-4-13(10-15)11-16(23)22-9-2-1-5-14(22)7-8-17(24)25/h3-4,6,10,14H,1-2,5,7-9,11-12H2,(H,24,25). The van der Waals surface area contributed by atoms with E-state index in [4.69, 9.17) is 9.84 Å². The minimum absolute atomic E-state index is 0.00914. The first kappa shape index (κ1) is 20.1. The van der Waals surface area contributed by atoms with Gasteiger partial charge in [0.05, 0.1) is 6.42 Å². The largest absolute Gasteiger partial charge is 0.484 e. The van der Waals surface area contributed by atoms with Crippen LogP contribution in [-0.4, -0.2) is 47.3 Å². The van der Waals surface area contributed by atoms with E-state index in [1.807, 2.05) is 0 Å². The molecule has 0 spiro atoms. The second-order valence-corrected chi connectivity index (χ2v) is 6.40.